The quantitative estimate of drug-likeness (QED) is 0.788. The van der Waals surface area contributed by atoms with E-state index in [1.54, 1.807) is 0 Å². The molecule has 6 nitrogen and oxygen atoms in total. The van der Waals surface area contributed by atoms with Gasteiger partial charge in [0.1, 0.15) is 11.2 Å². The van der Waals surface area contributed by atoms with E-state index in [-0.39, 0.29) is 19.1 Å². The lowest BCUT2D eigenvalue weighted by Crippen LogP contribution is -2.46. The lowest BCUT2D eigenvalue weighted by Gasteiger charge is -2.30. The summed E-state index contributed by atoms with van der Waals surface area (Å²) in [5.74, 6) is -0.344. The lowest BCUT2D eigenvalue weighted by atomic mass is 9.87. The summed E-state index contributed by atoms with van der Waals surface area (Å²) >= 11 is 0. The molecule has 0 radical (unpaired) electrons. The van der Waals surface area contributed by atoms with Crippen molar-refractivity contribution in [3.63, 3.8) is 0 Å². The minimum absolute atomic E-state index is 0.154. The van der Waals surface area contributed by atoms with Crippen LogP contribution in [0, 0.1) is 5.41 Å². The number of likely N-dealkylation sites (tertiary alicyclic amines) is 1. The normalized spacial score (nSPS) is 23.1. The number of ether oxygens (including phenoxy) is 2. The van der Waals surface area contributed by atoms with Gasteiger partial charge in [-0.05, 0) is 48.0 Å². The molecule has 1 amide bonds. The Morgan fingerprint density at radius 2 is 1.62 bits per heavy atom. The second-order valence-corrected chi connectivity index (χ2v) is 7.64. The summed E-state index contributed by atoms with van der Waals surface area (Å²) in [5.41, 5.74) is 3.84. The zero-order valence-electron chi connectivity index (χ0n) is 14.0. The van der Waals surface area contributed by atoms with Crippen molar-refractivity contribution in [3.8, 4) is 0 Å². The van der Waals surface area contributed by atoms with Crippen molar-refractivity contribution in [1.82, 2.24) is 4.90 Å². The number of hydrogen-bond acceptors (Lipinski definition) is 5. The van der Waals surface area contributed by atoms with Crippen LogP contribution in [0.2, 0.25) is 0 Å². The first-order chi connectivity index (χ1) is 9.38. The maximum absolute atomic E-state index is 12.4. The molecule has 0 saturated carbocycles. The second-order valence-electron chi connectivity index (χ2n) is 7.64. The Labute approximate surface area is 126 Å². The van der Waals surface area contributed by atoms with Crippen LogP contribution in [0.3, 0.4) is 0 Å². The van der Waals surface area contributed by atoms with Crippen LogP contribution in [0.15, 0.2) is 0 Å². The van der Waals surface area contributed by atoms with Gasteiger partial charge < -0.3 is 20.1 Å². The fourth-order valence-electron chi connectivity index (χ4n) is 2.16. The van der Waals surface area contributed by atoms with Crippen molar-refractivity contribution in [3.05, 3.63) is 0 Å². The topological polar surface area (TPSA) is 81.9 Å². The highest BCUT2D eigenvalue weighted by atomic mass is 16.6. The summed E-state index contributed by atoms with van der Waals surface area (Å²) < 4.78 is 10.8. The van der Waals surface area contributed by atoms with Gasteiger partial charge in [0.2, 0.25) is 0 Å². The third kappa shape index (κ3) is 4.88. The zero-order valence-corrected chi connectivity index (χ0v) is 14.0. The Kier molecular flexibility index (Phi) is 4.93. The van der Waals surface area contributed by atoms with E-state index in [2.05, 4.69) is 0 Å². The van der Waals surface area contributed by atoms with E-state index in [4.69, 9.17) is 15.2 Å². The molecule has 0 spiro atoms. The Hall–Kier alpha value is -1.30. The van der Waals surface area contributed by atoms with Crippen LogP contribution in [-0.4, -0.2) is 47.8 Å². The number of hydrogen-bond donors (Lipinski definition) is 1. The first-order valence-corrected chi connectivity index (χ1v) is 7.30. The second kappa shape index (κ2) is 5.83. The molecular formula is C15H28N2O4. The van der Waals surface area contributed by atoms with Gasteiger partial charge in [-0.2, -0.15) is 0 Å². The Morgan fingerprint density at radius 1 is 1.10 bits per heavy atom. The highest BCUT2D eigenvalue weighted by molar-refractivity contribution is 5.80. The van der Waals surface area contributed by atoms with Crippen LogP contribution in [0.4, 0.5) is 4.79 Å². The highest BCUT2D eigenvalue weighted by Crippen LogP contribution is 2.33. The predicted octanol–water partition coefficient (Wildman–Crippen LogP) is 1.91. The molecular weight excluding hydrogens is 272 g/mol. The molecule has 0 aromatic carbocycles. The van der Waals surface area contributed by atoms with Crippen molar-refractivity contribution >= 4 is 12.1 Å². The Bertz CT molecular complexity index is 409. The van der Waals surface area contributed by atoms with Gasteiger partial charge in [-0.15, -0.1) is 0 Å². The fraction of sp³-hybridized carbons (Fsp3) is 0.867. The Morgan fingerprint density at radius 3 is 2.05 bits per heavy atom. The molecule has 1 aliphatic heterocycles. The van der Waals surface area contributed by atoms with Crippen LogP contribution in [0.25, 0.3) is 0 Å². The summed E-state index contributed by atoms with van der Waals surface area (Å²) in [6.07, 6.45) is 0.0823. The summed E-state index contributed by atoms with van der Waals surface area (Å²) in [4.78, 5) is 26.0. The maximum atomic E-state index is 12.4. The number of nitrogens with zero attached hydrogens (tertiary/aromatic N) is 1. The van der Waals surface area contributed by atoms with Crippen molar-refractivity contribution in [2.75, 3.05) is 19.6 Å². The molecule has 0 aromatic rings. The minimum Gasteiger partial charge on any atom is -0.459 e. The van der Waals surface area contributed by atoms with Gasteiger partial charge in [0, 0.05) is 19.6 Å². The van der Waals surface area contributed by atoms with Crippen LogP contribution in [0.5, 0.6) is 0 Å². The van der Waals surface area contributed by atoms with Crippen molar-refractivity contribution < 1.29 is 19.1 Å². The molecule has 21 heavy (non-hydrogen) atoms. The molecule has 2 N–H and O–H groups in total. The van der Waals surface area contributed by atoms with Gasteiger partial charge in [0.15, 0.2) is 0 Å². The van der Waals surface area contributed by atoms with Crippen LogP contribution >= 0.6 is 0 Å². The molecule has 1 aliphatic rings. The summed E-state index contributed by atoms with van der Waals surface area (Å²) in [6, 6.07) is 0. The number of amides is 1. The van der Waals surface area contributed by atoms with E-state index in [9.17, 15) is 9.59 Å². The molecule has 6 heteroatoms. The first-order valence-electron chi connectivity index (χ1n) is 7.30. The van der Waals surface area contributed by atoms with Crippen LogP contribution in [0.1, 0.15) is 48.0 Å². The molecule has 0 aliphatic carbocycles. The molecule has 1 rings (SSSR count). The molecule has 0 unspecified atom stereocenters. The fourth-order valence-corrected chi connectivity index (χ4v) is 2.16. The zero-order chi connectivity index (χ0) is 16.5. The lowest BCUT2D eigenvalue weighted by molar-refractivity contribution is -0.166. The summed E-state index contributed by atoms with van der Waals surface area (Å²) in [6.45, 7) is 11.7. The summed E-state index contributed by atoms with van der Waals surface area (Å²) in [7, 11) is 0. The number of carbonyl (C=O) groups is 2. The van der Waals surface area contributed by atoms with E-state index in [1.165, 1.54) is 4.90 Å². The van der Waals surface area contributed by atoms with Gasteiger partial charge in [-0.3, -0.25) is 4.79 Å². The molecule has 1 heterocycles. The highest BCUT2D eigenvalue weighted by Gasteiger charge is 2.48. The van der Waals surface area contributed by atoms with E-state index in [0.717, 1.165) is 0 Å². The standard InChI is InChI=1S/C15H28N2O4/c1-13(2,3)20-11(18)15(9-16)7-8-17(10-15)12(19)21-14(4,5)6/h7-10,16H2,1-6H3/t15-/m0/s1. The van der Waals surface area contributed by atoms with Gasteiger partial charge in [0.05, 0.1) is 5.41 Å². The molecule has 0 bridgehead atoms. The summed E-state index contributed by atoms with van der Waals surface area (Å²) in [5, 5.41) is 0. The van der Waals surface area contributed by atoms with Crippen molar-refractivity contribution in [1.29, 1.82) is 0 Å². The minimum atomic E-state index is -0.829. The molecule has 0 aromatic heterocycles. The van der Waals surface area contributed by atoms with E-state index < -0.39 is 22.7 Å². The number of rotatable bonds is 2. The van der Waals surface area contributed by atoms with Gasteiger partial charge in [0.25, 0.3) is 0 Å². The largest absolute Gasteiger partial charge is 0.459 e. The molecule has 1 saturated heterocycles. The third-order valence-corrected chi connectivity index (χ3v) is 3.23. The van der Waals surface area contributed by atoms with Gasteiger partial charge in [-0.25, -0.2) is 4.79 Å². The average molecular weight is 300 g/mol. The number of carbonyl (C=O) groups excluding carboxylic acids is 2. The van der Waals surface area contributed by atoms with Crippen molar-refractivity contribution in [2.45, 2.75) is 59.2 Å². The predicted molar refractivity (Wildman–Crippen MR) is 79.8 cm³/mol. The molecule has 1 fully saturated rings. The molecule has 122 valence electrons. The Balaban J connectivity index is 2.76. The van der Waals surface area contributed by atoms with E-state index >= 15 is 0 Å². The van der Waals surface area contributed by atoms with Crippen LogP contribution in [-0.2, 0) is 14.3 Å². The van der Waals surface area contributed by atoms with E-state index in [1.807, 2.05) is 41.5 Å². The monoisotopic (exact) mass is 300 g/mol. The first kappa shape index (κ1) is 17.8. The average Bonchev–Trinajstić information content (AvgIpc) is 2.69. The number of esters is 1. The van der Waals surface area contributed by atoms with Gasteiger partial charge in [-0.1, -0.05) is 0 Å². The van der Waals surface area contributed by atoms with Crippen molar-refractivity contribution in [2.24, 2.45) is 11.1 Å². The third-order valence-electron chi connectivity index (χ3n) is 3.23. The smallest absolute Gasteiger partial charge is 0.410 e. The van der Waals surface area contributed by atoms with Gasteiger partial charge >= 0.3 is 12.1 Å². The SMILES string of the molecule is CC(C)(C)OC(=O)N1CC[C@@](CN)(C(=O)OC(C)(C)C)C1. The molecule has 1 atom stereocenters. The van der Waals surface area contributed by atoms with E-state index in [0.29, 0.717) is 13.0 Å². The number of nitrogens with two attached hydrogens (primary N) is 1. The van der Waals surface area contributed by atoms with Crippen LogP contribution < -0.4 is 5.73 Å². The maximum Gasteiger partial charge on any atom is 0.410 e.